The lowest BCUT2D eigenvalue weighted by Crippen LogP contribution is -2.37. The average molecular weight is 1120 g/mol. The van der Waals surface area contributed by atoms with Gasteiger partial charge < -0.3 is 27.9 Å². The molecular weight excluding hydrogens is 990 g/mol. The zero-order chi connectivity index (χ0) is 57.0. The van der Waals surface area contributed by atoms with Gasteiger partial charge in [0.15, 0.2) is 6.10 Å². The number of phosphoric ester groups is 1. The smallest absolute Gasteiger partial charge is 0.306 e. The second-order valence-corrected chi connectivity index (χ2v) is 26.3. The summed E-state index contributed by atoms with van der Waals surface area (Å²) in [5, 5.41) is 0. The maximum absolute atomic E-state index is 12.8. The van der Waals surface area contributed by atoms with E-state index in [1.165, 1.54) is 295 Å². The van der Waals surface area contributed by atoms with Crippen LogP contribution in [0.2, 0.25) is 0 Å². The number of esters is 2. The summed E-state index contributed by atoms with van der Waals surface area (Å²) in [5.41, 5.74) is 0. The Labute approximate surface area is 486 Å². The molecule has 0 aromatic rings. The van der Waals surface area contributed by atoms with Gasteiger partial charge in [0.05, 0.1) is 27.7 Å². The molecule has 9 nitrogen and oxygen atoms in total. The lowest BCUT2D eigenvalue weighted by atomic mass is 10.0. The van der Waals surface area contributed by atoms with E-state index >= 15 is 0 Å². The van der Waals surface area contributed by atoms with Crippen molar-refractivity contribution in [2.24, 2.45) is 0 Å². The lowest BCUT2D eigenvalue weighted by Gasteiger charge is -2.28. The minimum absolute atomic E-state index is 0.0262. The highest BCUT2D eigenvalue weighted by Gasteiger charge is 2.22. The molecule has 0 aliphatic rings. The van der Waals surface area contributed by atoms with Crippen molar-refractivity contribution in [1.82, 2.24) is 0 Å². The second kappa shape index (κ2) is 60.3. The molecule has 0 aromatic carbocycles. The number of phosphoric acid groups is 1. The maximum atomic E-state index is 12.8. The van der Waals surface area contributed by atoms with Crippen molar-refractivity contribution in [2.75, 3.05) is 47.5 Å². The van der Waals surface area contributed by atoms with E-state index in [9.17, 15) is 19.0 Å². The Bertz CT molecular complexity index is 1320. The van der Waals surface area contributed by atoms with Crippen LogP contribution in [0.4, 0.5) is 0 Å². The SMILES string of the molecule is CCCCCCCCCC/C=C\CCCCCCCCCCCCCCCCCC(=O)OC(COC(=O)CCCCCCCCCCCCCCCCCCCCCCCCCCCCC)COP(=O)([O-])OCC[N+](C)(C)C. The van der Waals surface area contributed by atoms with Crippen molar-refractivity contribution in [3.05, 3.63) is 12.2 Å². The number of quaternary nitrogens is 1. The van der Waals surface area contributed by atoms with Gasteiger partial charge in [-0.3, -0.25) is 14.2 Å². The van der Waals surface area contributed by atoms with Crippen LogP contribution in [0, 0.1) is 0 Å². The van der Waals surface area contributed by atoms with Gasteiger partial charge in [-0.1, -0.05) is 321 Å². The molecule has 0 amide bonds. The average Bonchev–Trinajstić information content (AvgIpc) is 3.41. The van der Waals surface area contributed by atoms with Crippen LogP contribution in [-0.2, 0) is 32.7 Å². The minimum Gasteiger partial charge on any atom is -0.756 e. The molecule has 464 valence electrons. The number of hydrogen-bond acceptors (Lipinski definition) is 8. The standard InChI is InChI=1S/C68H134NO8P/c1-6-8-10-12-14-16-18-20-22-24-26-28-30-32-34-36-38-40-42-44-46-48-50-52-54-56-58-60-67(70)74-64-66(65-76-78(72,73)75-63-62-69(3,4)5)77-68(71)61-59-57-55-53-51-49-47-45-43-41-39-37-35-33-31-29-27-25-23-21-19-17-15-13-11-9-7-2/h25,27,66H,6-24,26,28-65H2,1-5H3/b27-25-. The Kier molecular flexibility index (Phi) is 59.4. The van der Waals surface area contributed by atoms with E-state index in [4.69, 9.17) is 18.5 Å². The van der Waals surface area contributed by atoms with Crippen LogP contribution in [0.15, 0.2) is 12.2 Å². The largest absolute Gasteiger partial charge is 0.756 e. The van der Waals surface area contributed by atoms with Crippen LogP contribution in [0.5, 0.6) is 0 Å². The molecule has 0 rings (SSSR count). The molecule has 0 spiro atoms. The fourth-order valence-corrected chi connectivity index (χ4v) is 11.2. The predicted molar refractivity (Wildman–Crippen MR) is 333 cm³/mol. The number of likely N-dealkylation sites (N-methyl/N-ethyl adjacent to an activating group) is 1. The number of nitrogens with zero attached hydrogens (tertiary/aromatic N) is 1. The van der Waals surface area contributed by atoms with Gasteiger partial charge in [0.25, 0.3) is 7.82 Å². The van der Waals surface area contributed by atoms with Gasteiger partial charge in [0, 0.05) is 12.8 Å². The zero-order valence-corrected chi connectivity index (χ0v) is 53.8. The highest BCUT2D eigenvalue weighted by atomic mass is 31.2. The van der Waals surface area contributed by atoms with Crippen molar-refractivity contribution < 1.29 is 42.1 Å². The molecule has 2 unspecified atom stereocenters. The lowest BCUT2D eigenvalue weighted by molar-refractivity contribution is -0.870. The van der Waals surface area contributed by atoms with Gasteiger partial charge in [-0.05, 0) is 38.5 Å². The molecule has 0 bridgehead atoms. The summed E-state index contributed by atoms with van der Waals surface area (Å²) in [4.78, 5) is 38.0. The molecule has 0 aliphatic heterocycles. The van der Waals surface area contributed by atoms with Crippen molar-refractivity contribution in [3.63, 3.8) is 0 Å². The Balaban J connectivity index is 4.00. The van der Waals surface area contributed by atoms with E-state index < -0.39 is 26.5 Å². The van der Waals surface area contributed by atoms with Gasteiger partial charge in [-0.2, -0.15) is 0 Å². The van der Waals surface area contributed by atoms with Gasteiger partial charge in [-0.15, -0.1) is 0 Å². The fraction of sp³-hybridized carbons (Fsp3) is 0.941. The number of hydrogen-bond donors (Lipinski definition) is 0. The summed E-state index contributed by atoms with van der Waals surface area (Å²) in [6, 6.07) is 0. The normalized spacial score (nSPS) is 13.2. The predicted octanol–water partition coefficient (Wildman–Crippen LogP) is 21.3. The summed E-state index contributed by atoms with van der Waals surface area (Å²) in [5.74, 6) is -0.808. The number of carbonyl (C=O) groups excluding carboxylic acids is 2. The summed E-state index contributed by atoms with van der Waals surface area (Å²) in [6.07, 6.45) is 72.9. The quantitative estimate of drug-likeness (QED) is 0.0195. The number of carbonyl (C=O) groups is 2. The topological polar surface area (TPSA) is 111 Å². The van der Waals surface area contributed by atoms with Crippen LogP contribution >= 0.6 is 7.82 Å². The molecule has 0 aliphatic carbocycles. The first-order valence-corrected chi connectivity index (χ1v) is 35.9. The second-order valence-electron chi connectivity index (χ2n) is 24.9. The van der Waals surface area contributed by atoms with Crippen LogP contribution in [0.25, 0.3) is 0 Å². The first-order valence-electron chi connectivity index (χ1n) is 34.4. The Hall–Kier alpha value is -1.25. The van der Waals surface area contributed by atoms with Gasteiger partial charge in [0.1, 0.15) is 19.8 Å². The molecule has 0 radical (unpaired) electrons. The van der Waals surface area contributed by atoms with E-state index in [1.807, 2.05) is 21.1 Å². The molecule has 0 saturated carbocycles. The van der Waals surface area contributed by atoms with E-state index in [-0.39, 0.29) is 32.0 Å². The molecule has 0 fully saturated rings. The molecule has 0 heterocycles. The monoisotopic (exact) mass is 1120 g/mol. The third kappa shape index (κ3) is 63.9. The molecule has 0 aromatic heterocycles. The van der Waals surface area contributed by atoms with E-state index in [2.05, 4.69) is 26.0 Å². The molecule has 0 saturated heterocycles. The van der Waals surface area contributed by atoms with Crippen LogP contribution < -0.4 is 4.89 Å². The Morgan fingerprint density at radius 3 is 0.949 bits per heavy atom. The summed E-state index contributed by atoms with van der Waals surface area (Å²) in [7, 11) is 1.19. The van der Waals surface area contributed by atoms with Gasteiger partial charge in [0.2, 0.25) is 0 Å². The zero-order valence-electron chi connectivity index (χ0n) is 52.9. The molecule has 2 atom stereocenters. The number of rotatable bonds is 65. The highest BCUT2D eigenvalue weighted by Crippen LogP contribution is 2.38. The first kappa shape index (κ1) is 76.8. The summed E-state index contributed by atoms with van der Waals surface area (Å²) < 4.78 is 34.3. The molecule has 78 heavy (non-hydrogen) atoms. The number of ether oxygens (including phenoxy) is 2. The summed E-state index contributed by atoms with van der Waals surface area (Å²) in [6.45, 7) is 4.32. The molecular formula is C68H134NO8P. The van der Waals surface area contributed by atoms with Crippen molar-refractivity contribution >= 4 is 19.8 Å². The Morgan fingerprint density at radius 2 is 0.654 bits per heavy atom. The van der Waals surface area contributed by atoms with Crippen molar-refractivity contribution in [2.45, 2.75) is 367 Å². The minimum atomic E-state index is -4.63. The Morgan fingerprint density at radius 1 is 0.385 bits per heavy atom. The molecule has 0 N–H and O–H groups in total. The maximum Gasteiger partial charge on any atom is 0.306 e. The third-order valence-electron chi connectivity index (χ3n) is 15.8. The van der Waals surface area contributed by atoms with E-state index in [1.54, 1.807) is 0 Å². The van der Waals surface area contributed by atoms with Crippen LogP contribution in [-0.4, -0.2) is 70.0 Å². The first-order chi connectivity index (χ1) is 38.0. The van der Waals surface area contributed by atoms with Gasteiger partial charge >= 0.3 is 11.9 Å². The van der Waals surface area contributed by atoms with Crippen molar-refractivity contribution in [3.8, 4) is 0 Å². The van der Waals surface area contributed by atoms with Gasteiger partial charge in [-0.25, -0.2) is 0 Å². The van der Waals surface area contributed by atoms with E-state index in [0.717, 1.165) is 32.1 Å². The fourth-order valence-electron chi connectivity index (χ4n) is 10.5. The molecule has 10 heteroatoms. The third-order valence-corrected chi connectivity index (χ3v) is 16.7. The number of unbranched alkanes of at least 4 members (excludes halogenated alkanes) is 49. The van der Waals surface area contributed by atoms with Crippen LogP contribution in [0.1, 0.15) is 361 Å². The van der Waals surface area contributed by atoms with E-state index in [0.29, 0.717) is 17.4 Å². The highest BCUT2D eigenvalue weighted by molar-refractivity contribution is 7.45. The van der Waals surface area contributed by atoms with Crippen LogP contribution in [0.3, 0.4) is 0 Å². The van der Waals surface area contributed by atoms with Crippen molar-refractivity contribution in [1.29, 1.82) is 0 Å². The summed E-state index contributed by atoms with van der Waals surface area (Å²) >= 11 is 0. The number of allylic oxidation sites excluding steroid dienone is 2.